The molecular formula is C28H35NO6. The first kappa shape index (κ1) is 26.3. The number of nitrogens with zero attached hydrogens (tertiary/aromatic N) is 1. The van der Waals surface area contributed by atoms with Crippen LogP contribution in [-0.2, 0) is 14.3 Å². The monoisotopic (exact) mass is 481 g/mol. The van der Waals surface area contributed by atoms with Gasteiger partial charge in [-0.3, -0.25) is 9.59 Å². The van der Waals surface area contributed by atoms with Gasteiger partial charge in [0.05, 0.1) is 24.8 Å². The normalized spacial score (nSPS) is 17.3. The molecule has 7 nitrogen and oxygen atoms in total. The summed E-state index contributed by atoms with van der Waals surface area (Å²) in [6.45, 7) is 9.83. The zero-order valence-corrected chi connectivity index (χ0v) is 21.2. The van der Waals surface area contributed by atoms with Crippen LogP contribution >= 0.6 is 0 Å². The van der Waals surface area contributed by atoms with Gasteiger partial charge in [0.15, 0.2) is 0 Å². The average Bonchev–Trinajstić information content (AvgIpc) is 3.08. The van der Waals surface area contributed by atoms with Gasteiger partial charge in [-0.2, -0.15) is 0 Å². The van der Waals surface area contributed by atoms with Crippen molar-refractivity contribution in [2.24, 2.45) is 5.92 Å². The van der Waals surface area contributed by atoms with Gasteiger partial charge in [0.25, 0.3) is 11.7 Å². The van der Waals surface area contributed by atoms with E-state index < -0.39 is 17.7 Å². The maximum Gasteiger partial charge on any atom is 0.295 e. The first-order chi connectivity index (χ1) is 16.8. The minimum Gasteiger partial charge on any atom is -0.507 e. The number of benzene rings is 2. The third-order valence-corrected chi connectivity index (χ3v) is 5.81. The van der Waals surface area contributed by atoms with E-state index in [4.69, 9.17) is 14.2 Å². The molecule has 35 heavy (non-hydrogen) atoms. The zero-order valence-electron chi connectivity index (χ0n) is 21.2. The second kappa shape index (κ2) is 11.9. The van der Waals surface area contributed by atoms with Gasteiger partial charge in [-0.15, -0.1) is 0 Å². The van der Waals surface area contributed by atoms with E-state index in [1.54, 1.807) is 37.4 Å². The van der Waals surface area contributed by atoms with Gasteiger partial charge in [-0.25, -0.2) is 0 Å². The molecule has 1 atom stereocenters. The van der Waals surface area contributed by atoms with Gasteiger partial charge in [0.1, 0.15) is 17.3 Å². The van der Waals surface area contributed by atoms with Crippen LogP contribution in [0.3, 0.4) is 0 Å². The number of aliphatic hydroxyl groups is 1. The van der Waals surface area contributed by atoms with Crippen molar-refractivity contribution in [3.63, 3.8) is 0 Å². The SMILES string of the molecule is CCOc1ccc([C@@H]2C(=C(O)c3ccc(OCC(C)C)c(C)c3)C(=O)C(=O)N2CCCOC)cc1. The van der Waals surface area contributed by atoms with Crippen LogP contribution in [0, 0.1) is 12.8 Å². The average molecular weight is 482 g/mol. The molecule has 0 aromatic heterocycles. The summed E-state index contributed by atoms with van der Waals surface area (Å²) in [6.07, 6.45) is 0.568. The topological polar surface area (TPSA) is 85.3 Å². The van der Waals surface area contributed by atoms with Crippen molar-refractivity contribution in [1.82, 2.24) is 4.90 Å². The quantitative estimate of drug-likeness (QED) is 0.213. The minimum atomic E-state index is -0.709. The first-order valence-electron chi connectivity index (χ1n) is 12.0. The Morgan fingerprint density at radius 3 is 2.40 bits per heavy atom. The minimum absolute atomic E-state index is 0.0758. The van der Waals surface area contributed by atoms with Crippen LogP contribution in [0.5, 0.6) is 11.5 Å². The molecule has 188 valence electrons. The smallest absolute Gasteiger partial charge is 0.295 e. The fourth-order valence-electron chi connectivity index (χ4n) is 4.12. The lowest BCUT2D eigenvalue weighted by molar-refractivity contribution is -0.140. The molecule has 1 saturated heterocycles. The fourth-order valence-corrected chi connectivity index (χ4v) is 4.12. The second-order valence-electron chi connectivity index (χ2n) is 9.03. The summed E-state index contributed by atoms with van der Waals surface area (Å²) in [5, 5.41) is 11.3. The lowest BCUT2D eigenvalue weighted by atomic mass is 9.94. The number of aryl methyl sites for hydroxylation is 1. The molecule has 3 rings (SSSR count). The summed E-state index contributed by atoms with van der Waals surface area (Å²) >= 11 is 0. The first-order valence-corrected chi connectivity index (χ1v) is 12.0. The van der Waals surface area contributed by atoms with Gasteiger partial charge in [0.2, 0.25) is 0 Å². The Hall–Kier alpha value is -3.32. The molecule has 0 unspecified atom stereocenters. The number of amides is 1. The molecule has 0 saturated carbocycles. The predicted molar refractivity (Wildman–Crippen MR) is 135 cm³/mol. The molecule has 0 bridgehead atoms. The lowest BCUT2D eigenvalue weighted by Gasteiger charge is -2.25. The van der Waals surface area contributed by atoms with Crippen LogP contribution in [0.25, 0.3) is 5.76 Å². The van der Waals surface area contributed by atoms with Crippen molar-refractivity contribution in [2.45, 2.75) is 40.2 Å². The number of carbonyl (C=O) groups is 2. The molecule has 1 aliphatic heterocycles. The molecule has 0 radical (unpaired) electrons. The van der Waals surface area contributed by atoms with Crippen molar-refractivity contribution in [1.29, 1.82) is 0 Å². The Morgan fingerprint density at radius 2 is 1.80 bits per heavy atom. The molecule has 1 heterocycles. The van der Waals surface area contributed by atoms with Gasteiger partial charge in [0, 0.05) is 25.8 Å². The maximum absolute atomic E-state index is 13.2. The molecule has 1 N–H and O–H groups in total. The van der Waals surface area contributed by atoms with Gasteiger partial charge < -0.3 is 24.2 Å². The van der Waals surface area contributed by atoms with E-state index in [2.05, 4.69) is 13.8 Å². The molecule has 1 aliphatic rings. The van der Waals surface area contributed by atoms with Crippen molar-refractivity contribution in [3.8, 4) is 11.5 Å². The standard InChI is InChI=1S/C28H35NO6/c1-6-34-22-11-8-20(9-12-22)25-24(27(31)28(32)29(25)14-7-15-33-5)26(30)21-10-13-23(19(4)16-21)35-17-18(2)3/h8-13,16,18,25,30H,6-7,14-15,17H2,1-5H3/t25-/m1/s1. The number of likely N-dealkylation sites (tertiary alicyclic amines) is 1. The van der Waals surface area contributed by atoms with E-state index in [-0.39, 0.29) is 11.3 Å². The van der Waals surface area contributed by atoms with Gasteiger partial charge in [-0.1, -0.05) is 26.0 Å². The maximum atomic E-state index is 13.2. The highest BCUT2D eigenvalue weighted by atomic mass is 16.5. The van der Waals surface area contributed by atoms with Crippen molar-refractivity contribution in [3.05, 3.63) is 64.7 Å². The molecular weight excluding hydrogens is 446 g/mol. The number of hydrogen-bond donors (Lipinski definition) is 1. The Kier molecular flexibility index (Phi) is 8.93. The third kappa shape index (κ3) is 6.03. The van der Waals surface area contributed by atoms with Crippen LogP contribution < -0.4 is 9.47 Å². The van der Waals surface area contributed by atoms with Crippen molar-refractivity contribution < 1.29 is 28.9 Å². The highest BCUT2D eigenvalue weighted by molar-refractivity contribution is 6.46. The number of hydrogen-bond acceptors (Lipinski definition) is 6. The third-order valence-electron chi connectivity index (χ3n) is 5.81. The number of carbonyl (C=O) groups excluding carboxylic acids is 2. The van der Waals surface area contributed by atoms with Crippen LogP contribution in [0.2, 0.25) is 0 Å². The van der Waals surface area contributed by atoms with E-state index >= 15 is 0 Å². The molecule has 1 amide bonds. The molecule has 1 fully saturated rings. The van der Waals surface area contributed by atoms with Crippen LogP contribution in [-0.4, -0.2) is 55.2 Å². The van der Waals surface area contributed by atoms with E-state index in [1.165, 1.54) is 4.90 Å². The highest BCUT2D eigenvalue weighted by Crippen LogP contribution is 2.40. The predicted octanol–water partition coefficient (Wildman–Crippen LogP) is 4.89. The molecule has 0 aliphatic carbocycles. The fraction of sp³-hybridized carbons (Fsp3) is 0.429. The zero-order chi connectivity index (χ0) is 25.5. The van der Waals surface area contributed by atoms with E-state index in [9.17, 15) is 14.7 Å². The van der Waals surface area contributed by atoms with Gasteiger partial charge >= 0.3 is 0 Å². The number of aliphatic hydroxyl groups excluding tert-OH is 1. The van der Waals surface area contributed by atoms with Crippen molar-refractivity contribution >= 4 is 17.4 Å². The number of methoxy groups -OCH3 is 1. The largest absolute Gasteiger partial charge is 0.507 e. The molecule has 0 spiro atoms. The molecule has 2 aromatic rings. The van der Waals surface area contributed by atoms with Crippen molar-refractivity contribution in [2.75, 3.05) is 33.5 Å². The summed E-state index contributed by atoms with van der Waals surface area (Å²) in [5.41, 5.74) is 2.10. The molecule has 2 aromatic carbocycles. The van der Waals surface area contributed by atoms with Crippen LogP contribution in [0.1, 0.15) is 49.9 Å². The number of rotatable bonds is 11. The lowest BCUT2D eigenvalue weighted by Crippen LogP contribution is -2.31. The Morgan fingerprint density at radius 1 is 1.09 bits per heavy atom. The highest BCUT2D eigenvalue weighted by Gasteiger charge is 2.45. The summed E-state index contributed by atoms with van der Waals surface area (Å²) in [6, 6.07) is 11.8. The Labute approximate surface area is 207 Å². The van der Waals surface area contributed by atoms with Crippen LogP contribution in [0.4, 0.5) is 0 Å². The number of ether oxygens (including phenoxy) is 3. The van der Waals surface area contributed by atoms with E-state index in [0.29, 0.717) is 50.0 Å². The molecule has 7 heteroatoms. The summed E-state index contributed by atoms with van der Waals surface area (Å²) < 4.78 is 16.5. The summed E-state index contributed by atoms with van der Waals surface area (Å²) in [4.78, 5) is 27.7. The van der Waals surface area contributed by atoms with E-state index in [0.717, 1.165) is 16.9 Å². The second-order valence-corrected chi connectivity index (χ2v) is 9.03. The van der Waals surface area contributed by atoms with Gasteiger partial charge in [-0.05, 0) is 67.6 Å². The van der Waals surface area contributed by atoms with Crippen LogP contribution in [0.15, 0.2) is 48.0 Å². The summed E-state index contributed by atoms with van der Waals surface area (Å²) in [7, 11) is 1.59. The number of ketones is 1. The Bertz CT molecular complexity index is 1070. The Balaban J connectivity index is 2.04. The summed E-state index contributed by atoms with van der Waals surface area (Å²) in [5.74, 6) is 0.269. The van der Waals surface area contributed by atoms with E-state index in [1.807, 2.05) is 26.0 Å². The number of Topliss-reactive ketones (excluding diaryl/α,β-unsaturated/α-hetero) is 1.